The normalized spacial score (nSPS) is 10.6. The maximum atomic E-state index is 12.2. The highest BCUT2D eigenvalue weighted by Gasteiger charge is 2.24. The molecule has 0 unspecified atom stereocenters. The van der Waals surface area contributed by atoms with Crippen molar-refractivity contribution < 1.29 is 14.7 Å². The number of nitrogens with one attached hydrogen (secondary N) is 1. The summed E-state index contributed by atoms with van der Waals surface area (Å²) in [6.07, 6.45) is 0.430. The average molecular weight is 294 g/mol. The Hall–Kier alpha value is -1.84. The van der Waals surface area contributed by atoms with Crippen LogP contribution in [0, 0.1) is 11.8 Å². The van der Waals surface area contributed by atoms with Gasteiger partial charge in [-0.1, -0.05) is 11.8 Å². The lowest BCUT2D eigenvalue weighted by atomic mass is 10.00. The van der Waals surface area contributed by atoms with Crippen molar-refractivity contribution in [1.82, 2.24) is 5.32 Å². The van der Waals surface area contributed by atoms with Gasteiger partial charge in [-0.15, -0.1) is 11.3 Å². The highest BCUT2D eigenvalue weighted by Crippen LogP contribution is 2.18. The largest absolute Gasteiger partial charge is 0.395 e. The maximum Gasteiger partial charge on any atom is 0.263 e. The molecular formula is C14H18N2O3S. The molecule has 5 nitrogen and oxygen atoms in total. The van der Waals surface area contributed by atoms with Gasteiger partial charge in [0.25, 0.3) is 5.91 Å². The van der Waals surface area contributed by atoms with Gasteiger partial charge in [-0.25, -0.2) is 0 Å². The predicted molar refractivity (Wildman–Crippen MR) is 78.3 cm³/mol. The van der Waals surface area contributed by atoms with Crippen molar-refractivity contribution in [3.63, 3.8) is 0 Å². The summed E-state index contributed by atoms with van der Waals surface area (Å²) in [4.78, 5) is 23.6. The zero-order chi connectivity index (χ0) is 15.2. The van der Waals surface area contributed by atoms with E-state index in [1.54, 1.807) is 25.3 Å². The van der Waals surface area contributed by atoms with Crippen LogP contribution < -0.4 is 11.1 Å². The fourth-order valence-electron chi connectivity index (χ4n) is 1.64. The van der Waals surface area contributed by atoms with Crippen molar-refractivity contribution in [2.75, 3.05) is 6.61 Å². The molecule has 108 valence electrons. The van der Waals surface area contributed by atoms with E-state index < -0.39 is 11.4 Å². The first-order valence-electron chi connectivity index (χ1n) is 6.14. The van der Waals surface area contributed by atoms with E-state index in [0.29, 0.717) is 16.9 Å². The summed E-state index contributed by atoms with van der Waals surface area (Å²) in [5.74, 6) is 4.88. The Morgan fingerprint density at radius 1 is 1.50 bits per heavy atom. The van der Waals surface area contributed by atoms with Gasteiger partial charge in [-0.3, -0.25) is 9.59 Å². The molecule has 1 aromatic rings. The van der Waals surface area contributed by atoms with Crippen LogP contribution in [0.5, 0.6) is 0 Å². The van der Waals surface area contributed by atoms with Gasteiger partial charge in [0.1, 0.15) is 4.88 Å². The van der Waals surface area contributed by atoms with E-state index in [-0.39, 0.29) is 18.9 Å². The number of carbonyl (C=O) groups is 2. The number of carbonyl (C=O) groups excluding carboxylic acids is 2. The molecule has 2 amide bonds. The highest BCUT2D eigenvalue weighted by molar-refractivity contribution is 7.12. The molecule has 0 aromatic carbocycles. The average Bonchev–Trinajstić information content (AvgIpc) is 2.75. The van der Waals surface area contributed by atoms with Gasteiger partial charge in [0.2, 0.25) is 5.91 Å². The van der Waals surface area contributed by atoms with Crippen LogP contribution in [0.1, 0.15) is 41.9 Å². The third-order valence-corrected chi connectivity index (χ3v) is 3.31. The lowest BCUT2D eigenvalue weighted by Crippen LogP contribution is -2.46. The zero-order valence-electron chi connectivity index (χ0n) is 11.5. The Morgan fingerprint density at radius 3 is 2.80 bits per heavy atom. The van der Waals surface area contributed by atoms with Crippen LogP contribution in [0.25, 0.3) is 0 Å². The molecule has 0 aliphatic rings. The van der Waals surface area contributed by atoms with E-state index >= 15 is 0 Å². The second-order valence-corrected chi connectivity index (χ2v) is 5.84. The second kappa shape index (κ2) is 7.08. The summed E-state index contributed by atoms with van der Waals surface area (Å²) in [5.41, 5.74) is 5.07. The molecule has 20 heavy (non-hydrogen) atoms. The van der Waals surface area contributed by atoms with E-state index in [9.17, 15) is 9.59 Å². The molecule has 0 fully saturated rings. The number of nitrogens with two attached hydrogens (primary N) is 1. The molecule has 1 aromatic heterocycles. The molecule has 0 bridgehead atoms. The SMILES string of the molecule is CC(C)(CC(N)=O)NC(=O)c1sccc1C#CCCO. The lowest BCUT2D eigenvalue weighted by molar-refractivity contribution is -0.119. The summed E-state index contributed by atoms with van der Waals surface area (Å²) in [6, 6.07) is 1.75. The topological polar surface area (TPSA) is 92.4 Å². The molecule has 1 rings (SSSR count). The number of thiophene rings is 1. The van der Waals surface area contributed by atoms with Crippen LogP contribution in [-0.4, -0.2) is 29.1 Å². The van der Waals surface area contributed by atoms with Crippen LogP contribution in [-0.2, 0) is 4.79 Å². The van der Waals surface area contributed by atoms with Gasteiger partial charge in [-0.05, 0) is 25.3 Å². The Labute approximate surface area is 122 Å². The van der Waals surface area contributed by atoms with E-state index in [1.165, 1.54) is 11.3 Å². The molecule has 6 heteroatoms. The lowest BCUT2D eigenvalue weighted by Gasteiger charge is -2.24. The molecular weight excluding hydrogens is 276 g/mol. The van der Waals surface area contributed by atoms with E-state index in [4.69, 9.17) is 10.8 Å². The van der Waals surface area contributed by atoms with Gasteiger partial charge < -0.3 is 16.2 Å². The van der Waals surface area contributed by atoms with Crippen LogP contribution in [0.3, 0.4) is 0 Å². The molecule has 0 saturated heterocycles. The number of aliphatic hydroxyl groups excluding tert-OH is 1. The molecule has 0 radical (unpaired) electrons. The highest BCUT2D eigenvalue weighted by atomic mass is 32.1. The molecule has 0 spiro atoms. The third-order valence-electron chi connectivity index (χ3n) is 2.40. The monoisotopic (exact) mass is 294 g/mol. The third kappa shape index (κ3) is 5.03. The minimum Gasteiger partial charge on any atom is -0.395 e. The number of primary amides is 1. The van der Waals surface area contributed by atoms with Gasteiger partial charge in [-0.2, -0.15) is 0 Å². The van der Waals surface area contributed by atoms with Crippen LogP contribution >= 0.6 is 11.3 Å². The Bertz CT molecular complexity index is 552. The second-order valence-electron chi connectivity index (χ2n) is 4.92. The van der Waals surface area contributed by atoms with Gasteiger partial charge >= 0.3 is 0 Å². The maximum absolute atomic E-state index is 12.2. The number of rotatable bonds is 5. The summed E-state index contributed by atoms with van der Waals surface area (Å²) in [5, 5.41) is 13.2. The van der Waals surface area contributed by atoms with Crippen LogP contribution in [0.2, 0.25) is 0 Å². The van der Waals surface area contributed by atoms with Gasteiger partial charge in [0.05, 0.1) is 6.61 Å². The molecule has 1 heterocycles. The van der Waals surface area contributed by atoms with Crippen molar-refractivity contribution in [2.24, 2.45) is 5.73 Å². The van der Waals surface area contributed by atoms with Gasteiger partial charge in [0, 0.05) is 23.9 Å². The number of hydrogen-bond acceptors (Lipinski definition) is 4. The summed E-state index contributed by atoms with van der Waals surface area (Å²) in [6.45, 7) is 3.46. The van der Waals surface area contributed by atoms with E-state index in [2.05, 4.69) is 17.2 Å². The minimum atomic E-state index is -0.706. The molecule has 0 saturated carbocycles. The standard InChI is InChI=1S/C14H18N2O3S/c1-14(2,9-11(15)18)16-13(19)12-10(6-8-20-12)5-3-4-7-17/h6,8,17H,4,7,9H2,1-2H3,(H2,15,18)(H,16,19). The summed E-state index contributed by atoms with van der Waals surface area (Å²) < 4.78 is 0. The fraction of sp³-hybridized carbons (Fsp3) is 0.429. The number of amides is 2. The molecule has 0 aliphatic heterocycles. The van der Waals surface area contributed by atoms with Crippen molar-refractivity contribution in [1.29, 1.82) is 0 Å². The summed E-state index contributed by atoms with van der Waals surface area (Å²) >= 11 is 1.28. The van der Waals surface area contributed by atoms with Crippen molar-refractivity contribution in [3.05, 3.63) is 21.9 Å². The number of aliphatic hydroxyl groups is 1. The fourth-order valence-corrected chi connectivity index (χ4v) is 2.39. The Balaban J connectivity index is 2.81. The Morgan fingerprint density at radius 2 is 2.20 bits per heavy atom. The molecule has 0 aliphatic carbocycles. The van der Waals surface area contributed by atoms with E-state index in [1.807, 2.05) is 0 Å². The van der Waals surface area contributed by atoms with Gasteiger partial charge in [0.15, 0.2) is 0 Å². The predicted octanol–water partition coefficient (Wildman–Crippen LogP) is 0.866. The minimum absolute atomic E-state index is 0.00961. The first kappa shape index (κ1) is 16.2. The smallest absolute Gasteiger partial charge is 0.263 e. The first-order valence-corrected chi connectivity index (χ1v) is 7.02. The van der Waals surface area contributed by atoms with E-state index in [0.717, 1.165) is 0 Å². The zero-order valence-corrected chi connectivity index (χ0v) is 12.3. The number of hydrogen-bond donors (Lipinski definition) is 3. The van der Waals surface area contributed by atoms with Crippen molar-refractivity contribution in [3.8, 4) is 11.8 Å². The molecule has 4 N–H and O–H groups in total. The summed E-state index contributed by atoms with van der Waals surface area (Å²) in [7, 11) is 0. The first-order chi connectivity index (χ1) is 9.35. The van der Waals surface area contributed by atoms with Crippen molar-refractivity contribution in [2.45, 2.75) is 32.2 Å². The quantitative estimate of drug-likeness (QED) is 0.703. The Kier molecular flexibility index (Phi) is 5.74. The van der Waals surface area contributed by atoms with Crippen LogP contribution in [0.4, 0.5) is 0 Å². The van der Waals surface area contributed by atoms with Crippen molar-refractivity contribution >= 4 is 23.2 Å². The van der Waals surface area contributed by atoms with Crippen LogP contribution in [0.15, 0.2) is 11.4 Å². The molecule has 0 atom stereocenters.